The highest BCUT2D eigenvalue weighted by Crippen LogP contribution is 2.03. The summed E-state index contributed by atoms with van der Waals surface area (Å²) in [6.45, 7) is 6.32. The maximum absolute atomic E-state index is 11.0. The Bertz CT molecular complexity index is 283. The van der Waals surface area contributed by atoms with Gasteiger partial charge in [-0.2, -0.15) is 0 Å². The molecule has 6 heteroatoms. The third-order valence-electron chi connectivity index (χ3n) is 2.08. The normalized spacial score (nSPS) is 19.4. The van der Waals surface area contributed by atoms with Crippen LogP contribution in [0, 0.1) is 0 Å². The van der Waals surface area contributed by atoms with Gasteiger partial charge in [-0.05, 0) is 13.8 Å². The van der Waals surface area contributed by atoms with Crippen LogP contribution in [0.3, 0.4) is 0 Å². The Morgan fingerprint density at radius 1 is 1.43 bits per heavy atom. The van der Waals surface area contributed by atoms with Crippen molar-refractivity contribution in [3.63, 3.8) is 0 Å². The molecule has 0 aromatic carbocycles. The Balaban J connectivity index is 2.32. The van der Waals surface area contributed by atoms with Crippen molar-refractivity contribution in [3.8, 4) is 0 Å². The summed E-state index contributed by atoms with van der Waals surface area (Å²) >= 11 is 0. The zero-order valence-electron chi connectivity index (χ0n) is 8.92. The van der Waals surface area contributed by atoms with Crippen molar-refractivity contribution in [3.05, 3.63) is 0 Å². The van der Waals surface area contributed by atoms with Crippen LogP contribution in [0.25, 0.3) is 0 Å². The van der Waals surface area contributed by atoms with E-state index in [1.807, 2.05) is 13.8 Å². The summed E-state index contributed by atoms with van der Waals surface area (Å²) in [4.78, 5) is 0. The van der Waals surface area contributed by atoms with Gasteiger partial charge in [-0.3, -0.25) is 0 Å². The predicted octanol–water partition coefficient (Wildman–Crippen LogP) is -1.12. The van der Waals surface area contributed by atoms with Crippen LogP contribution in [0.1, 0.15) is 13.8 Å². The standard InChI is InChI=1S/C8H19N3O2S/c1-8(2,11-14(3,12)13)6-10-7-4-9-5-7/h7,9-11H,4-6H2,1-3H3. The van der Waals surface area contributed by atoms with Gasteiger partial charge in [0.25, 0.3) is 0 Å². The lowest BCUT2D eigenvalue weighted by Crippen LogP contribution is -2.60. The number of rotatable bonds is 5. The number of hydrogen-bond donors (Lipinski definition) is 3. The van der Waals surface area contributed by atoms with E-state index in [1.165, 1.54) is 6.26 Å². The minimum atomic E-state index is -3.12. The third-order valence-corrected chi connectivity index (χ3v) is 3.00. The molecule has 1 saturated heterocycles. The number of hydrogen-bond acceptors (Lipinski definition) is 4. The molecule has 0 unspecified atom stereocenters. The van der Waals surface area contributed by atoms with Gasteiger partial charge in [-0.15, -0.1) is 0 Å². The molecule has 0 saturated carbocycles. The van der Waals surface area contributed by atoms with E-state index in [4.69, 9.17) is 0 Å². The van der Waals surface area contributed by atoms with E-state index in [-0.39, 0.29) is 0 Å². The molecule has 1 aliphatic heterocycles. The van der Waals surface area contributed by atoms with Crippen molar-refractivity contribution in [1.29, 1.82) is 0 Å². The van der Waals surface area contributed by atoms with Gasteiger partial charge in [0.05, 0.1) is 6.26 Å². The molecule has 84 valence electrons. The second-order valence-electron chi connectivity index (χ2n) is 4.49. The Morgan fingerprint density at radius 3 is 2.36 bits per heavy atom. The van der Waals surface area contributed by atoms with Gasteiger partial charge in [-0.1, -0.05) is 0 Å². The molecule has 3 N–H and O–H groups in total. The minimum Gasteiger partial charge on any atom is -0.314 e. The Hall–Kier alpha value is -0.170. The molecule has 0 atom stereocenters. The maximum atomic E-state index is 11.0. The highest BCUT2D eigenvalue weighted by atomic mass is 32.2. The number of nitrogens with one attached hydrogen (secondary N) is 3. The second kappa shape index (κ2) is 4.14. The van der Waals surface area contributed by atoms with E-state index in [9.17, 15) is 8.42 Å². The first-order valence-electron chi connectivity index (χ1n) is 4.72. The van der Waals surface area contributed by atoms with E-state index in [1.54, 1.807) is 0 Å². The van der Waals surface area contributed by atoms with Crippen molar-refractivity contribution in [2.24, 2.45) is 0 Å². The highest BCUT2D eigenvalue weighted by Gasteiger charge is 2.24. The summed E-state index contributed by atoms with van der Waals surface area (Å²) in [6.07, 6.45) is 1.18. The van der Waals surface area contributed by atoms with Crippen LogP contribution in [0.15, 0.2) is 0 Å². The largest absolute Gasteiger partial charge is 0.314 e. The van der Waals surface area contributed by atoms with Gasteiger partial charge in [0.2, 0.25) is 10.0 Å². The molecule has 0 spiro atoms. The third kappa shape index (κ3) is 4.36. The molecule has 0 bridgehead atoms. The average Bonchev–Trinajstić information content (AvgIpc) is 1.75. The first kappa shape index (κ1) is 11.9. The Labute approximate surface area is 85.7 Å². The minimum absolute atomic E-state index is 0.427. The van der Waals surface area contributed by atoms with E-state index < -0.39 is 15.6 Å². The van der Waals surface area contributed by atoms with Crippen molar-refractivity contribution < 1.29 is 8.42 Å². The van der Waals surface area contributed by atoms with Gasteiger partial charge in [0.15, 0.2) is 0 Å². The molecule has 1 heterocycles. The fraction of sp³-hybridized carbons (Fsp3) is 1.00. The van der Waals surface area contributed by atoms with Crippen LogP contribution in [0.2, 0.25) is 0 Å². The highest BCUT2D eigenvalue weighted by molar-refractivity contribution is 7.88. The molecule has 1 aliphatic rings. The molecule has 0 aromatic rings. The quantitative estimate of drug-likeness (QED) is 0.550. The summed E-state index contributed by atoms with van der Waals surface area (Å²) in [5.74, 6) is 0. The summed E-state index contributed by atoms with van der Waals surface area (Å²) in [5, 5.41) is 6.44. The SMILES string of the molecule is CC(C)(CNC1CNC1)NS(C)(=O)=O. The first-order valence-corrected chi connectivity index (χ1v) is 6.61. The van der Waals surface area contributed by atoms with Crippen LogP contribution in [0.5, 0.6) is 0 Å². The van der Waals surface area contributed by atoms with Gasteiger partial charge in [-0.25, -0.2) is 13.1 Å². The zero-order chi connectivity index (χ0) is 10.8. The molecular formula is C8H19N3O2S. The lowest BCUT2D eigenvalue weighted by Gasteiger charge is -2.33. The van der Waals surface area contributed by atoms with Gasteiger partial charge in [0, 0.05) is 31.2 Å². The Morgan fingerprint density at radius 2 is 2.00 bits per heavy atom. The monoisotopic (exact) mass is 221 g/mol. The molecule has 0 aromatic heterocycles. The molecule has 1 rings (SSSR count). The van der Waals surface area contributed by atoms with Crippen molar-refractivity contribution in [2.45, 2.75) is 25.4 Å². The molecule has 5 nitrogen and oxygen atoms in total. The molecule has 0 aliphatic carbocycles. The lowest BCUT2D eigenvalue weighted by atomic mass is 10.1. The second-order valence-corrected chi connectivity index (χ2v) is 6.24. The molecule has 1 fully saturated rings. The van der Waals surface area contributed by atoms with Crippen LogP contribution in [-0.4, -0.2) is 45.9 Å². The smallest absolute Gasteiger partial charge is 0.209 e. The maximum Gasteiger partial charge on any atom is 0.209 e. The zero-order valence-corrected chi connectivity index (χ0v) is 9.74. The van der Waals surface area contributed by atoms with E-state index >= 15 is 0 Å². The fourth-order valence-corrected chi connectivity index (χ4v) is 2.45. The van der Waals surface area contributed by atoms with Gasteiger partial charge < -0.3 is 10.6 Å². The van der Waals surface area contributed by atoms with Crippen LogP contribution in [-0.2, 0) is 10.0 Å². The summed E-state index contributed by atoms with van der Waals surface area (Å²) < 4.78 is 24.6. The van der Waals surface area contributed by atoms with Gasteiger partial charge >= 0.3 is 0 Å². The summed E-state index contributed by atoms with van der Waals surface area (Å²) in [6, 6.07) is 0.482. The topological polar surface area (TPSA) is 70.2 Å². The summed E-state index contributed by atoms with van der Waals surface area (Å²) in [5.41, 5.74) is -0.427. The van der Waals surface area contributed by atoms with E-state index in [0.717, 1.165) is 13.1 Å². The van der Waals surface area contributed by atoms with Crippen LogP contribution < -0.4 is 15.4 Å². The van der Waals surface area contributed by atoms with Crippen molar-refractivity contribution in [1.82, 2.24) is 15.4 Å². The predicted molar refractivity (Wildman–Crippen MR) is 56.7 cm³/mol. The Kier molecular flexibility index (Phi) is 3.52. The fourth-order valence-electron chi connectivity index (χ4n) is 1.37. The van der Waals surface area contributed by atoms with Crippen LogP contribution >= 0.6 is 0 Å². The van der Waals surface area contributed by atoms with Crippen molar-refractivity contribution >= 4 is 10.0 Å². The van der Waals surface area contributed by atoms with Crippen LogP contribution in [0.4, 0.5) is 0 Å². The molecule has 0 radical (unpaired) electrons. The molecule has 14 heavy (non-hydrogen) atoms. The van der Waals surface area contributed by atoms with E-state index in [0.29, 0.717) is 12.6 Å². The van der Waals surface area contributed by atoms with E-state index in [2.05, 4.69) is 15.4 Å². The number of sulfonamides is 1. The van der Waals surface area contributed by atoms with Crippen molar-refractivity contribution in [2.75, 3.05) is 25.9 Å². The molecular weight excluding hydrogens is 202 g/mol. The van der Waals surface area contributed by atoms with Gasteiger partial charge in [0.1, 0.15) is 0 Å². The average molecular weight is 221 g/mol. The summed E-state index contributed by atoms with van der Waals surface area (Å²) in [7, 11) is -3.12. The first-order chi connectivity index (χ1) is 6.29. The lowest BCUT2D eigenvalue weighted by molar-refractivity contribution is 0.323. The molecule has 0 amide bonds.